The lowest BCUT2D eigenvalue weighted by molar-refractivity contribution is 0.625. The van der Waals surface area contributed by atoms with Crippen molar-refractivity contribution in [3.63, 3.8) is 0 Å². The molecule has 0 saturated carbocycles. The SMILES string of the molecule is CCCCCN(C)c1cc(F)cc(CCl)c1. The first-order valence-electron chi connectivity index (χ1n) is 5.74. The van der Waals surface area contributed by atoms with Gasteiger partial charge in [0.1, 0.15) is 5.82 Å². The average Bonchev–Trinajstić information content (AvgIpc) is 2.28. The van der Waals surface area contributed by atoms with Gasteiger partial charge in [-0.25, -0.2) is 4.39 Å². The number of nitrogens with zero attached hydrogens (tertiary/aromatic N) is 1. The molecule has 0 aliphatic heterocycles. The van der Waals surface area contributed by atoms with E-state index in [1.165, 1.54) is 18.9 Å². The van der Waals surface area contributed by atoms with E-state index in [1.807, 2.05) is 13.1 Å². The molecule has 3 heteroatoms. The molecular weight excluding hydrogens is 225 g/mol. The summed E-state index contributed by atoms with van der Waals surface area (Å²) < 4.78 is 13.3. The Morgan fingerprint density at radius 3 is 2.62 bits per heavy atom. The first-order chi connectivity index (χ1) is 7.67. The fraction of sp³-hybridized carbons (Fsp3) is 0.538. The average molecular weight is 244 g/mol. The van der Waals surface area contributed by atoms with E-state index < -0.39 is 0 Å². The van der Waals surface area contributed by atoms with Crippen LogP contribution >= 0.6 is 11.6 Å². The summed E-state index contributed by atoms with van der Waals surface area (Å²) >= 11 is 5.72. The number of rotatable bonds is 6. The lowest BCUT2D eigenvalue weighted by atomic mass is 10.2. The van der Waals surface area contributed by atoms with E-state index in [4.69, 9.17) is 11.6 Å². The fourth-order valence-electron chi connectivity index (χ4n) is 1.66. The van der Waals surface area contributed by atoms with E-state index in [2.05, 4.69) is 11.8 Å². The molecule has 1 aromatic carbocycles. The van der Waals surface area contributed by atoms with E-state index >= 15 is 0 Å². The first-order valence-corrected chi connectivity index (χ1v) is 6.27. The van der Waals surface area contributed by atoms with Gasteiger partial charge in [-0.1, -0.05) is 19.8 Å². The maximum atomic E-state index is 13.3. The molecule has 0 bridgehead atoms. The summed E-state index contributed by atoms with van der Waals surface area (Å²) in [5.41, 5.74) is 1.74. The normalized spacial score (nSPS) is 10.5. The van der Waals surface area contributed by atoms with Crippen LogP contribution in [0.4, 0.5) is 10.1 Å². The Labute approximate surface area is 102 Å². The van der Waals surface area contributed by atoms with Crippen molar-refractivity contribution in [2.45, 2.75) is 32.1 Å². The summed E-state index contributed by atoms with van der Waals surface area (Å²) in [4.78, 5) is 2.08. The number of alkyl halides is 1. The number of hydrogen-bond acceptors (Lipinski definition) is 1. The van der Waals surface area contributed by atoms with Gasteiger partial charge < -0.3 is 4.90 Å². The Morgan fingerprint density at radius 1 is 1.25 bits per heavy atom. The van der Waals surface area contributed by atoms with Gasteiger partial charge in [-0.05, 0) is 30.2 Å². The van der Waals surface area contributed by atoms with Gasteiger partial charge in [0.15, 0.2) is 0 Å². The predicted octanol–water partition coefficient (Wildman–Crippen LogP) is 4.19. The zero-order valence-corrected chi connectivity index (χ0v) is 10.7. The third-order valence-corrected chi connectivity index (χ3v) is 2.94. The number of hydrogen-bond donors (Lipinski definition) is 0. The molecule has 0 unspecified atom stereocenters. The monoisotopic (exact) mass is 243 g/mol. The summed E-state index contributed by atoms with van der Waals surface area (Å²) in [7, 11) is 1.99. The van der Waals surface area contributed by atoms with Crippen molar-refractivity contribution in [1.29, 1.82) is 0 Å². The minimum absolute atomic E-state index is 0.213. The topological polar surface area (TPSA) is 3.24 Å². The maximum Gasteiger partial charge on any atom is 0.125 e. The highest BCUT2D eigenvalue weighted by Gasteiger charge is 2.04. The highest BCUT2D eigenvalue weighted by molar-refractivity contribution is 6.17. The minimum Gasteiger partial charge on any atom is -0.375 e. The van der Waals surface area contributed by atoms with Gasteiger partial charge in [0.25, 0.3) is 0 Å². The zero-order valence-electron chi connectivity index (χ0n) is 9.97. The van der Waals surface area contributed by atoms with Crippen molar-refractivity contribution in [3.8, 4) is 0 Å². The van der Waals surface area contributed by atoms with E-state index in [1.54, 1.807) is 6.07 Å². The van der Waals surface area contributed by atoms with Gasteiger partial charge in [-0.2, -0.15) is 0 Å². The van der Waals surface area contributed by atoms with Crippen molar-refractivity contribution in [2.75, 3.05) is 18.5 Å². The van der Waals surface area contributed by atoms with Crippen LogP contribution in [-0.2, 0) is 5.88 Å². The van der Waals surface area contributed by atoms with E-state index in [0.29, 0.717) is 5.88 Å². The molecular formula is C13H19ClFN. The van der Waals surface area contributed by atoms with Crippen molar-refractivity contribution < 1.29 is 4.39 Å². The highest BCUT2D eigenvalue weighted by atomic mass is 35.5. The summed E-state index contributed by atoms with van der Waals surface area (Å²) in [5, 5.41) is 0. The standard InChI is InChI=1S/C13H19ClFN/c1-3-4-5-6-16(2)13-8-11(10-14)7-12(15)9-13/h7-9H,3-6,10H2,1-2H3. The Morgan fingerprint density at radius 2 is 2.00 bits per heavy atom. The largest absolute Gasteiger partial charge is 0.375 e. The van der Waals surface area contributed by atoms with Crippen LogP contribution in [0.1, 0.15) is 31.7 Å². The second-order valence-electron chi connectivity index (χ2n) is 4.08. The molecule has 0 aliphatic carbocycles. The molecule has 0 radical (unpaired) electrons. The summed E-state index contributed by atoms with van der Waals surface area (Å²) in [6.07, 6.45) is 3.55. The van der Waals surface area contributed by atoms with Crippen LogP contribution < -0.4 is 4.90 Å². The van der Waals surface area contributed by atoms with Crippen molar-refractivity contribution >= 4 is 17.3 Å². The zero-order chi connectivity index (χ0) is 12.0. The van der Waals surface area contributed by atoms with Crippen molar-refractivity contribution in [3.05, 3.63) is 29.6 Å². The second kappa shape index (κ2) is 6.74. The van der Waals surface area contributed by atoms with Crippen LogP contribution in [-0.4, -0.2) is 13.6 Å². The van der Waals surface area contributed by atoms with Gasteiger partial charge >= 0.3 is 0 Å². The Kier molecular flexibility index (Phi) is 5.61. The fourth-order valence-corrected chi connectivity index (χ4v) is 1.81. The molecule has 1 rings (SSSR count). The molecule has 0 N–H and O–H groups in total. The third kappa shape index (κ3) is 4.01. The van der Waals surface area contributed by atoms with Gasteiger partial charge in [0.2, 0.25) is 0 Å². The molecule has 1 nitrogen and oxygen atoms in total. The predicted molar refractivity (Wildman–Crippen MR) is 68.8 cm³/mol. The van der Waals surface area contributed by atoms with Gasteiger partial charge in [0, 0.05) is 25.2 Å². The van der Waals surface area contributed by atoms with Crippen LogP contribution in [0.2, 0.25) is 0 Å². The van der Waals surface area contributed by atoms with Crippen LogP contribution in [0.5, 0.6) is 0 Å². The molecule has 0 fully saturated rings. The van der Waals surface area contributed by atoms with Gasteiger partial charge in [0.05, 0.1) is 0 Å². The second-order valence-corrected chi connectivity index (χ2v) is 4.35. The lowest BCUT2D eigenvalue weighted by Crippen LogP contribution is -2.18. The van der Waals surface area contributed by atoms with E-state index in [0.717, 1.165) is 24.2 Å². The van der Waals surface area contributed by atoms with E-state index in [-0.39, 0.29) is 5.82 Å². The number of unbranched alkanes of at least 4 members (excludes halogenated alkanes) is 2. The minimum atomic E-state index is -0.213. The molecule has 0 aliphatic rings. The molecule has 90 valence electrons. The molecule has 0 spiro atoms. The smallest absolute Gasteiger partial charge is 0.125 e. The van der Waals surface area contributed by atoms with Crippen LogP contribution in [0.15, 0.2) is 18.2 Å². The van der Waals surface area contributed by atoms with Crippen molar-refractivity contribution in [2.24, 2.45) is 0 Å². The Balaban J connectivity index is 2.66. The summed E-state index contributed by atoms with van der Waals surface area (Å²) in [6, 6.07) is 4.99. The van der Waals surface area contributed by atoms with Crippen LogP contribution in [0.3, 0.4) is 0 Å². The van der Waals surface area contributed by atoms with Crippen LogP contribution in [0, 0.1) is 5.82 Å². The quantitative estimate of drug-likeness (QED) is 0.535. The molecule has 0 atom stereocenters. The Bertz CT molecular complexity index is 328. The lowest BCUT2D eigenvalue weighted by Gasteiger charge is -2.19. The Hall–Kier alpha value is -0.760. The highest BCUT2D eigenvalue weighted by Crippen LogP contribution is 2.19. The third-order valence-electron chi connectivity index (χ3n) is 2.63. The number of anilines is 1. The molecule has 0 amide bonds. The summed E-state index contributed by atoms with van der Waals surface area (Å²) in [6.45, 7) is 3.13. The molecule has 0 saturated heterocycles. The van der Waals surface area contributed by atoms with Gasteiger partial charge in [-0.15, -0.1) is 11.6 Å². The van der Waals surface area contributed by atoms with E-state index in [9.17, 15) is 4.39 Å². The molecule has 0 aromatic heterocycles. The number of halogens is 2. The maximum absolute atomic E-state index is 13.3. The number of benzene rings is 1. The summed E-state index contributed by atoms with van der Waals surface area (Å²) in [5.74, 6) is 0.142. The molecule has 1 aromatic rings. The molecule has 0 heterocycles. The molecule has 16 heavy (non-hydrogen) atoms. The first kappa shape index (κ1) is 13.3. The van der Waals surface area contributed by atoms with Gasteiger partial charge in [-0.3, -0.25) is 0 Å². The van der Waals surface area contributed by atoms with Crippen LogP contribution in [0.25, 0.3) is 0 Å². The van der Waals surface area contributed by atoms with Crippen molar-refractivity contribution in [1.82, 2.24) is 0 Å².